The van der Waals surface area contributed by atoms with Crippen LogP contribution in [-0.4, -0.2) is 23.5 Å². The summed E-state index contributed by atoms with van der Waals surface area (Å²) in [5.74, 6) is -0.631. The summed E-state index contributed by atoms with van der Waals surface area (Å²) in [5.41, 5.74) is 3.30. The van der Waals surface area contributed by atoms with Gasteiger partial charge in [-0.05, 0) is 37.3 Å². The third-order valence-electron chi connectivity index (χ3n) is 3.35. The third kappa shape index (κ3) is 5.87. The van der Waals surface area contributed by atoms with E-state index in [2.05, 4.69) is 5.32 Å². The number of amides is 1. The van der Waals surface area contributed by atoms with Crippen molar-refractivity contribution in [3.8, 4) is 0 Å². The zero-order chi connectivity index (χ0) is 15.1. The van der Waals surface area contributed by atoms with Gasteiger partial charge in [0.25, 0.3) is 0 Å². The average molecular weight is 277 g/mol. The lowest BCUT2D eigenvalue weighted by Gasteiger charge is -2.12. The highest BCUT2D eigenvalue weighted by atomic mass is 16.4. The van der Waals surface area contributed by atoms with Crippen molar-refractivity contribution in [1.29, 1.82) is 0 Å². The lowest BCUT2D eigenvalue weighted by molar-refractivity contribution is -0.137. The van der Waals surface area contributed by atoms with Crippen LogP contribution in [0, 0.1) is 19.8 Å². The van der Waals surface area contributed by atoms with Crippen LogP contribution >= 0.6 is 0 Å². The van der Waals surface area contributed by atoms with Crippen molar-refractivity contribution < 1.29 is 14.7 Å². The van der Waals surface area contributed by atoms with Crippen LogP contribution in [0.25, 0.3) is 0 Å². The molecule has 0 spiro atoms. The highest BCUT2D eigenvalue weighted by Crippen LogP contribution is 2.11. The molecular formula is C16H23NO3. The molecule has 0 saturated heterocycles. The Kier molecular flexibility index (Phi) is 6.22. The van der Waals surface area contributed by atoms with Gasteiger partial charge in [-0.25, -0.2) is 0 Å². The monoisotopic (exact) mass is 277 g/mol. The smallest absolute Gasteiger partial charge is 0.303 e. The lowest BCUT2D eigenvalue weighted by atomic mass is 10.0. The summed E-state index contributed by atoms with van der Waals surface area (Å²) in [6.45, 7) is 6.48. The van der Waals surface area contributed by atoms with E-state index in [9.17, 15) is 9.59 Å². The second-order valence-electron chi connectivity index (χ2n) is 5.45. The molecule has 1 amide bonds. The number of hydrogen-bond acceptors (Lipinski definition) is 2. The molecule has 20 heavy (non-hydrogen) atoms. The normalized spacial score (nSPS) is 11.9. The van der Waals surface area contributed by atoms with Crippen molar-refractivity contribution in [1.82, 2.24) is 5.32 Å². The first kappa shape index (κ1) is 16.2. The molecule has 0 aliphatic carbocycles. The van der Waals surface area contributed by atoms with Crippen molar-refractivity contribution >= 4 is 11.9 Å². The SMILES string of the molecule is Cc1ccc(C)c(CC(=O)NCC(C)CCC(=O)O)c1. The third-order valence-corrected chi connectivity index (χ3v) is 3.35. The first-order valence-electron chi connectivity index (χ1n) is 6.93. The zero-order valence-corrected chi connectivity index (χ0v) is 12.4. The van der Waals surface area contributed by atoms with E-state index in [4.69, 9.17) is 5.11 Å². The first-order chi connectivity index (χ1) is 9.38. The number of carbonyl (C=O) groups is 2. The molecule has 0 heterocycles. The molecule has 110 valence electrons. The van der Waals surface area contributed by atoms with Gasteiger partial charge in [0.2, 0.25) is 5.91 Å². The van der Waals surface area contributed by atoms with E-state index in [-0.39, 0.29) is 18.2 Å². The van der Waals surface area contributed by atoms with Crippen LogP contribution in [-0.2, 0) is 16.0 Å². The van der Waals surface area contributed by atoms with Gasteiger partial charge >= 0.3 is 5.97 Å². The molecule has 0 fully saturated rings. The van der Waals surface area contributed by atoms with Gasteiger partial charge in [-0.15, -0.1) is 0 Å². The van der Waals surface area contributed by atoms with Gasteiger partial charge < -0.3 is 10.4 Å². The second-order valence-corrected chi connectivity index (χ2v) is 5.45. The van der Waals surface area contributed by atoms with Crippen LogP contribution < -0.4 is 5.32 Å². The van der Waals surface area contributed by atoms with E-state index in [1.165, 1.54) is 0 Å². The molecule has 2 N–H and O–H groups in total. The number of rotatable bonds is 7. The van der Waals surface area contributed by atoms with Crippen LogP contribution in [0.15, 0.2) is 18.2 Å². The summed E-state index contributed by atoms with van der Waals surface area (Å²) >= 11 is 0. The van der Waals surface area contributed by atoms with Crippen LogP contribution in [0.2, 0.25) is 0 Å². The fraction of sp³-hybridized carbons (Fsp3) is 0.500. The number of hydrogen-bond donors (Lipinski definition) is 2. The van der Waals surface area contributed by atoms with Gasteiger partial charge in [0.15, 0.2) is 0 Å². The molecule has 0 radical (unpaired) electrons. The van der Waals surface area contributed by atoms with Crippen molar-refractivity contribution in [3.05, 3.63) is 34.9 Å². The van der Waals surface area contributed by atoms with E-state index >= 15 is 0 Å². The van der Waals surface area contributed by atoms with Crippen LogP contribution in [0.3, 0.4) is 0 Å². The minimum absolute atomic E-state index is 0.0131. The van der Waals surface area contributed by atoms with Gasteiger partial charge in [-0.3, -0.25) is 9.59 Å². The average Bonchev–Trinajstić information content (AvgIpc) is 2.38. The summed E-state index contributed by atoms with van der Waals surface area (Å²) in [5, 5.41) is 11.5. The minimum Gasteiger partial charge on any atom is -0.481 e. The molecule has 1 aromatic carbocycles. The Labute approximate surface area is 120 Å². The van der Waals surface area contributed by atoms with Crippen LogP contribution in [0.5, 0.6) is 0 Å². The van der Waals surface area contributed by atoms with E-state index in [1.807, 2.05) is 39.0 Å². The summed E-state index contributed by atoms with van der Waals surface area (Å²) < 4.78 is 0. The quantitative estimate of drug-likeness (QED) is 0.804. The molecule has 4 nitrogen and oxygen atoms in total. The van der Waals surface area contributed by atoms with E-state index in [1.54, 1.807) is 0 Å². The van der Waals surface area contributed by atoms with Gasteiger partial charge in [-0.1, -0.05) is 30.7 Å². The van der Waals surface area contributed by atoms with Gasteiger partial charge in [0.1, 0.15) is 0 Å². The standard InChI is InChI=1S/C16H23NO3/c1-11-4-6-13(3)14(8-11)9-15(18)17-10-12(2)5-7-16(19)20/h4,6,8,12H,5,7,9-10H2,1-3H3,(H,17,18)(H,19,20). The fourth-order valence-electron chi connectivity index (χ4n) is 1.99. The topological polar surface area (TPSA) is 66.4 Å². The number of aliphatic carboxylic acids is 1. The molecule has 0 aliphatic rings. The van der Waals surface area contributed by atoms with Crippen molar-refractivity contribution in [2.24, 2.45) is 5.92 Å². The second kappa shape index (κ2) is 7.68. The van der Waals surface area contributed by atoms with Gasteiger partial charge in [0, 0.05) is 13.0 Å². The molecule has 1 atom stereocenters. The number of carboxylic acids is 1. The van der Waals surface area contributed by atoms with E-state index < -0.39 is 5.97 Å². The van der Waals surface area contributed by atoms with Gasteiger partial charge in [0.05, 0.1) is 6.42 Å². The minimum atomic E-state index is -0.793. The number of carboxylic acid groups (broad SMARTS) is 1. The largest absolute Gasteiger partial charge is 0.481 e. The Bertz CT molecular complexity index is 483. The van der Waals surface area contributed by atoms with E-state index in [0.717, 1.165) is 16.7 Å². The predicted octanol–water partition coefficient (Wildman–Crippen LogP) is 2.46. The summed E-state index contributed by atoms with van der Waals surface area (Å²) in [4.78, 5) is 22.4. The highest BCUT2D eigenvalue weighted by molar-refractivity contribution is 5.79. The molecule has 0 aromatic heterocycles. The number of carbonyl (C=O) groups excluding carboxylic acids is 1. The number of nitrogens with one attached hydrogen (secondary N) is 1. The molecule has 1 rings (SSSR count). The Hall–Kier alpha value is -1.84. The Morgan fingerprint density at radius 1 is 1.30 bits per heavy atom. The summed E-state index contributed by atoms with van der Waals surface area (Å²) in [6.07, 6.45) is 1.10. The van der Waals surface area contributed by atoms with Gasteiger partial charge in [-0.2, -0.15) is 0 Å². The maximum atomic E-state index is 11.9. The molecule has 4 heteroatoms. The summed E-state index contributed by atoms with van der Waals surface area (Å²) in [7, 11) is 0. The Morgan fingerprint density at radius 2 is 2.00 bits per heavy atom. The molecule has 0 saturated carbocycles. The van der Waals surface area contributed by atoms with Crippen molar-refractivity contribution in [3.63, 3.8) is 0 Å². The van der Waals surface area contributed by atoms with E-state index in [0.29, 0.717) is 19.4 Å². The fourth-order valence-corrected chi connectivity index (χ4v) is 1.99. The zero-order valence-electron chi connectivity index (χ0n) is 12.4. The Morgan fingerprint density at radius 3 is 2.65 bits per heavy atom. The highest BCUT2D eigenvalue weighted by Gasteiger charge is 2.09. The maximum Gasteiger partial charge on any atom is 0.303 e. The molecule has 1 aromatic rings. The van der Waals surface area contributed by atoms with Crippen molar-refractivity contribution in [2.45, 2.75) is 40.0 Å². The summed E-state index contributed by atoms with van der Waals surface area (Å²) in [6, 6.07) is 6.08. The lowest BCUT2D eigenvalue weighted by Crippen LogP contribution is -2.30. The first-order valence-corrected chi connectivity index (χ1v) is 6.93. The number of aryl methyl sites for hydroxylation is 2. The number of benzene rings is 1. The van der Waals surface area contributed by atoms with Crippen LogP contribution in [0.1, 0.15) is 36.5 Å². The Balaban J connectivity index is 2.40. The molecule has 1 unspecified atom stereocenters. The maximum absolute atomic E-state index is 11.9. The molecule has 0 bridgehead atoms. The molecule has 0 aliphatic heterocycles. The van der Waals surface area contributed by atoms with Crippen molar-refractivity contribution in [2.75, 3.05) is 6.54 Å². The van der Waals surface area contributed by atoms with Crippen LogP contribution in [0.4, 0.5) is 0 Å². The predicted molar refractivity (Wildman–Crippen MR) is 78.7 cm³/mol. The molecular weight excluding hydrogens is 254 g/mol.